The fourth-order valence-electron chi connectivity index (χ4n) is 0.545. The lowest BCUT2D eigenvalue weighted by atomic mass is 10.4. The summed E-state index contributed by atoms with van der Waals surface area (Å²) in [7, 11) is 0. The van der Waals surface area contributed by atoms with Gasteiger partial charge in [0.15, 0.2) is 0 Å². The minimum absolute atomic E-state index is 0.650. The van der Waals surface area contributed by atoms with Crippen molar-refractivity contribution in [2.24, 2.45) is 15.7 Å². The summed E-state index contributed by atoms with van der Waals surface area (Å²) in [5.41, 5.74) is 6.13. The minimum atomic E-state index is 0.650. The van der Waals surface area contributed by atoms with Crippen LogP contribution in [0.25, 0.3) is 0 Å². The van der Waals surface area contributed by atoms with Crippen LogP contribution in [-0.4, -0.2) is 18.6 Å². The van der Waals surface area contributed by atoms with Crippen LogP contribution >= 0.6 is 0 Å². The van der Waals surface area contributed by atoms with Gasteiger partial charge in [0.05, 0.1) is 12.8 Å². The van der Waals surface area contributed by atoms with Crippen molar-refractivity contribution < 1.29 is 0 Å². The molecule has 0 fully saturated rings. The van der Waals surface area contributed by atoms with Gasteiger partial charge >= 0.3 is 0 Å². The van der Waals surface area contributed by atoms with Crippen molar-refractivity contribution in [3.63, 3.8) is 0 Å². The maximum Gasteiger partial charge on any atom is 0.120 e. The average Bonchev–Trinajstić information content (AvgIpc) is 2.20. The first-order valence-electron chi connectivity index (χ1n) is 3.80. The average molecular weight is 153 g/mol. The van der Waals surface area contributed by atoms with Crippen molar-refractivity contribution >= 4 is 12.1 Å². The fourth-order valence-corrected chi connectivity index (χ4v) is 0.545. The summed E-state index contributed by atoms with van der Waals surface area (Å²) >= 11 is 0. The number of hydrogen-bond acceptors (Lipinski definition) is 3. The molecule has 0 unspecified atom stereocenters. The van der Waals surface area contributed by atoms with Crippen LogP contribution < -0.4 is 5.73 Å². The highest BCUT2D eigenvalue weighted by Gasteiger charge is 1.89. The number of nitrogens with zero attached hydrogens (tertiary/aromatic N) is 2. The zero-order chi connectivity index (χ0) is 8.69. The lowest BCUT2D eigenvalue weighted by Gasteiger charge is -1.83. The zero-order valence-corrected chi connectivity index (χ0v) is 7.33. The van der Waals surface area contributed by atoms with Gasteiger partial charge in [0.25, 0.3) is 0 Å². The summed E-state index contributed by atoms with van der Waals surface area (Å²) < 4.78 is 0. The van der Waals surface area contributed by atoms with Crippen LogP contribution in [-0.2, 0) is 0 Å². The topological polar surface area (TPSA) is 50.7 Å². The first-order chi connectivity index (χ1) is 5.29. The number of allylic oxidation sites excluding steroid dienone is 1. The van der Waals surface area contributed by atoms with Crippen LogP contribution in [0.5, 0.6) is 0 Å². The molecular formula is C8H15N3. The lowest BCUT2D eigenvalue weighted by Crippen LogP contribution is -1.97. The molecule has 0 bridgehead atoms. The van der Waals surface area contributed by atoms with E-state index >= 15 is 0 Å². The maximum absolute atomic E-state index is 5.44. The molecule has 0 aromatic carbocycles. The highest BCUT2D eigenvalue weighted by Crippen LogP contribution is 1.89. The van der Waals surface area contributed by atoms with Crippen molar-refractivity contribution in [3.8, 4) is 0 Å². The van der Waals surface area contributed by atoms with Gasteiger partial charge in [-0.2, -0.15) is 0 Å². The molecule has 0 aliphatic carbocycles. The SMILES string of the molecule is CC.CC1=NCC=C(N)C=N1. The van der Waals surface area contributed by atoms with Crippen LogP contribution in [0.4, 0.5) is 0 Å². The molecular weight excluding hydrogens is 138 g/mol. The molecule has 0 saturated carbocycles. The quantitative estimate of drug-likeness (QED) is 0.561. The monoisotopic (exact) mass is 153 g/mol. The van der Waals surface area contributed by atoms with E-state index in [-0.39, 0.29) is 0 Å². The summed E-state index contributed by atoms with van der Waals surface area (Å²) in [6.07, 6.45) is 3.45. The van der Waals surface area contributed by atoms with E-state index in [1.165, 1.54) is 0 Å². The second kappa shape index (κ2) is 5.65. The summed E-state index contributed by atoms with van der Waals surface area (Å²) in [6, 6.07) is 0. The predicted octanol–water partition coefficient (Wildman–Crippen LogP) is 1.36. The number of nitrogens with two attached hydrogens (primary N) is 1. The first-order valence-corrected chi connectivity index (χ1v) is 3.80. The molecule has 0 aromatic rings. The molecule has 0 aromatic heterocycles. The molecule has 0 radical (unpaired) electrons. The van der Waals surface area contributed by atoms with Gasteiger partial charge in [-0.1, -0.05) is 13.8 Å². The van der Waals surface area contributed by atoms with Crippen LogP contribution in [0, 0.1) is 0 Å². The van der Waals surface area contributed by atoms with Gasteiger partial charge in [-0.05, 0) is 13.0 Å². The Bertz CT molecular complexity index is 170. The highest BCUT2D eigenvalue weighted by atomic mass is 14.9. The summed E-state index contributed by atoms with van der Waals surface area (Å²) in [6.45, 7) is 6.50. The van der Waals surface area contributed by atoms with Crippen molar-refractivity contribution in [2.75, 3.05) is 6.54 Å². The summed E-state index contributed by atoms with van der Waals surface area (Å²) in [5, 5.41) is 0. The molecule has 0 spiro atoms. The molecule has 1 aliphatic heterocycles. The smallest absolute Gasteiger partial charge is 0.120 e. The minimum Gasteiger partial charge on any atom is -0.398 e. The Morgan fingerprint density at radius 1 is 1.45 bits per heavy atom. The number of hydrogen-bond donors (Lipinski definition) is 1. The Labute approximate surface area is 67.7 Å². The van der Waals surface area contributed by atoms with E-state index in [2.05, 4.69) is 9.98 Å². The third kappa shape index (κ3) is 4.31. The van der Waals surface area contributed by atoms with E-state index in [1.54, 1.807) is 6.21 Å². The Balaban J connectivity index is 0.000000461. The van der Waals surface area contributed by atoms with Crippen LogP contribution in [0.15, 0.2) is 21.8 Å². The Morgan fingerprint density at radius 2 is 2.09 bits per heavy atom. The molecule has 0 atom stereocenters. The van der Waals surface area contributed by atoms with Gasteiger partial charge in [-0.25, -0.2) is 4.99 Å². The second-order valence-corrected chi connectivity index (χ2v) is 1.85. The Hall–Kier alpha value is -1.12. The van der Waals surface area contributed by atoms with Crippen molar-refractivity contribution in [1.29, 1.82) is 0 Å². The standard InChI is InChI=1S/C6H9N3.C2H6/c1-5-8-3-2-6(7)4-9-5;1-2/h2,4H,3,7H2,1H3;1-2H3. The molecule has 62 valence electrons. The van der Waals surface area contributed by atoms with E-state index in [4.69, 9.17) is 5.73 Å². The van der Waals surface area contributed by atoms with Crippen molar-refractivity contribution in [1.82, 2.24) is 0 Å². The van der Waals surface area contributed by atoms with Gasteiger partial charge in [0, 0.05) is 5.70 Å². The number of aliphatic imine (C=N–C) groups is 2. The van der Waals surface area contributed by atoms with Gasteiger partial charge in [-0.15, -0.1) is 0 Å². The van der Waals surface area contributed by atoms with Crippen LogP contribution in [0.2, 0.25) is 0 Å². The van der Waals surface area contributed by atoms with Crippen LogP contribution in [0.3, 0.4) is 0 Å². The molecule has 1 aliphatic rings. The van der Waals surface area contributed by atoms with E-state index < -0.39 is 0 Å². The Morgan fingerprint density at radius 3 is 2.73 bits per heavy atom. The van der Waals surface area contributed by atoms with Gasteiger partial charge < -0.3 is 5.73 Å². The molecule has 2 N–H and O–H groups in total. The van der Waals surface area contributed by atoms with E-state index in [0.717, 1.165) is 5.84 Å². The largest absolute Gasteiger partial charge is 0.398 e. The molecule has 3 heteroatoms. The molecule has 3 nitrogen and oxygen atoms in total. The third-order valence-electron chi connectivity index (χ3n) is 1.05. The molecule has 11 heavy (non-hydrogen) atoms. The van der Waals surface area contributed by atoms with Gasteiger partial charge in [0.2, 0.25) is 0 Å². The van der Waals surface area contributed by atoms with Crippen molar-refractivity contribution in [2.45, 2.75) is 20.8 Å². The van der Waals surface area contributed by atoms with E-state index in [1.807, 2.05) is 26.8 Å². The number of rotatable bonds is 0. The Kier molecular flexibility index (Phi) is 5.07. The summed E-state index contributed by atoms with van der Waals surface area (Å²) in [5.74, 6) is 0.784. The fraction of sp³-hybridized carbons (Fsp3) is 0.500. The molecule has 0 amide bonds. The first kappa shape index (κ1) is 9.88. The molecule has 0 saturated heterocycles. The molecule has 1 heterocycles. The normalized spacial score (nSPS) is 15.5. The zero-order valence-electron chi connectivity index (χ0n) is 7.33. The van der Waals surface area contributed by atoms with Gasteiger partial charge in [0.1, 0.15) is 5.84 Å². The second-order valence-electron chi connectivity index (χ2n) is 1.85. The summed E-state index contributed by atoms with van der Waals surface area (Å²) in [4.78, 5) is 7.97. The molecule has 1 rings (SSSR count). The van der Waals surface area contributed by atoms with E-state index in [0.29, 0.717) is 12.2 Å². The van der Waals surface area contributed by atoms with E-state index in [9.17, 15) is 0 Å². The predicted molar refractivity (Wildman–Crippen MR) is 50.1 cm³/mol. The van der Waals surface area contributed by atoms with Gasteiger partial charge in [-0.3, -0.25) is 4.99 Å². The lowest BCUT2D eigenvalue weighted by molar-refractivity contribution is 1.22. The van der Waals surface area contributed by atoms with Crippen LogP contribution in [0.1, 0.15) is 20.8 Å². The highest BCUT2D eigenvalue weighted by molar-refractivity contribution is 5.93. The number of amidine groups is 1. The maximum atomic E-state index is 5.44. The van der Waals surface area contributed by atoms with Crippen molar-refractivity contribution in [3.05, 3.63) is 11.8 Å². The third-order valence-corrected chi connectivity index (χ3v) is 1.05.